The molecule has 0 fully saturated rings. The van der Waals surface area contributed by atoms with Crippen LogP contribution in [-0.2, 0) is 9.53 Å². The molecule has 96 valence electrons. The van der Waals surface area contributed by atoms with E-state index in [4.69, 9.17) is 9.15 Å². The average molecular weight is 258 g/mol. The number of carbonyl (C=O) groups excluding carboxylic acids is 1. The van der Waals surface area contributed by atoms with Crippen LogP contribution in [0.25, 0.3) is 0 Å². The zero-order valence-corrected chi connectivity index (χ0v) is 11.2. The van der Waals surface area contributed by atoms with E-state index in [1.807, 2.05) is 13.8 Å². The second kappa shape index (κ2) is 6.66. The molecule has 0 aliphatic carbocycles. The zero-order valence-electron chi connectivity index (χ0n) is 10.4. The summed E-state index contributed by atoms with van der Waals surface area (Å²) in [5.74, 6) is 0.492. The van der Waals surface area contributed by atoms with E-state index >= 15 is 0 Å². The third kappa shape index (κ3) is 4.05. The van der Waals surface area contributed by atoms with Crippen molar-refractivity contribution in [3.63, 3.8) is 0 Å². The number of hydrogen-bond acceptors (Lipinski definition) is 6. The van der Waals surface area contributed by atoms with Gasteiger partial charge in [0, 0.05) is 5.75 Å². The van der Waals surface area contributed by atoms with Gasteiger partial charge in [0.05, 0.1) is 13.3 Å². The molecule has 0 radical (unpaired) electrons. The first-order chi connectivity index (χ1) is 8.12. The summed E-state index contributed by atoms with van der Waals surface area (Å²) < 4.78 is 9.92. The van der Waals surface area contributed by atoms with Crippen molar-refractivity contribution in [2.45, 2.75) is 31.0 Å². The molecule has 0 bridgehead atoms. The number of nitrogens with one attached hydrogen (secondary N) is 1. The van der Waals surface area contributed by atoms with Gasteiger partial charge in [-0.05, 0) is 19.9 Å². The molecule has 0 aliphatic rings. The van der Waals surface area contributed by atoms with E-state index in [1.54, 1.807) is 6.20 Å². The maximum Gasteiger partial charge on any atom is 0.325 e. The largest absolute Gasteiger partial charge is 0.468 e. The Morgan fingerprint density at radius 3 is 3.00 bits per heavy atom. The number of oxazole rings is 1. The SMILES string of the molecule is CCNC(C)(CCSc1ncco1)C(=O)OC. The van der Waals surface area contributed by atoms with Gasteiger partial charge in [0.1, 0.15) is 11.8 Å². The van der Waals surface area contributed by atoms with Crippen molar-refractivity contribution < 1.29 is 13.9 Å². The quantitative estimate of drug-likeness (QED) is 0.593. The van der Waals surface area contributed by atoms with Crippen LogP contribution in [0.5, 0.6) is 0 Å². The van der Waals surface area contributed by atoms with Crippen LogP contribution in [0.1, 0.15) is 20.3 Å². The van der Waals surface area contributed by atoms with E-state index in [0.717, 1.165) is 12.3 Å². The first kappa shape index (κ1) is 14.1. The topological polar surface area (TPSA) is 64.4 Å². The van der Waals surface area contributed by atoms with E-state index in [-0.39, 0.29) is 5.97 Å². The molecule has 17 heavy (non-hydrogen) atoms. The molecule has 0 aromatic carbocycles. The Hall–Kier alpha value is -1.01. The third-order valence-corrected chi connectivity index (χ3v) is 3.30. The highest BCUT2D eigenvalue weighted by atomic mass is 32.2. The molecule has 5 nitrogen and oxygen atoms in total. The minimum absolute atomic E-state index is 0.243. The first-order valence-electron chi connectivity index (χ1n) is 5.48. The molecule has 0 amide bonds. The van der Waals surface area contributed by atoms with Gasteiger partial charge in [-0.3, -0.25) is 4.79 Å². The lowest BCUT2D eigenvalue weighted by atomic mass is 9.99. The van der Waals surface area contributed by atoms with Crippen molar-refractivity contribution in [2.24, 2.45) is 0 Å². The summed E-state index contributed by atoms with van der Waals surface area (Å²) in [6.45, 7) is 4.52. The van der Waals surface area contributed by atoms with Crippen LogP contribution in [0, 0.1) is 0 Å². The maximum absolute atomic E-state index is 11.7. The van der Waals surface area contributed by atoms with Crippen LogP contribution in [-0.4, -0.2) is 35.9 Å². The number of thioether (sulfide) groups is 1. The summed E-state index contributed by atoms with van der Waals surface area (Å²) in [4.78, 5) is 15.7. The number of nitrogens with zero attached hydrogens (tertiary/aromatic N) is 1. The molecule has 0 saturated carbocycles. The van der Waals surface area contributed by atoms with Gasteiger partial charge in [0.15, 0.2) is 0 Å². The van der Waals surface area contributed by atoms with Crippen LogP contribution in [0.2, 0.25) is 0 Å². The summed E-state index contributed by atoms with van der Waals surface area (Å²) in [7, 11) is 1.40. The zero-order chi connectivity index (χ0) is 12.7. The van der Waals surface area contributed by atoms with Crippen molar-refractivity contribution in [1.82, 2.24) is 10.3 Å². The van der Waals surface area contributed by atoms with Crippen molar-refractivity contribution in [1.29, 1.82) is 0 Å². The highest BCUT2D eigenvalue weighted by Gasteiger charge is 2.32. The lowest BCUT2D eigenvalue weighted by Crippen LogP contribution is -2.50. The molecule has 1 heterocycles. The van der Waals surface area contributed by atoms with Crippen LogP contribution in [0.15, 0.2) is 22.1 Å². The fourth-order valence-corrected chi connectivity index (χ4v) is 2.45. The predicted molar refractivity (Wildman–Crippen MR) is 65.9 cm³/mol. The molecule has 0 aliphatic heterocycles. The van der Waals surface area contributed by atoms with Gasteiger partial charge in [-0.2, -0.15) is 0 Å². The summed E-state index contributed by atoms with van der Waals surface area (Å²) >= 11 is 1.48. The highest BCUT2D eigenvalue weighted by Crippen LogP contribution is 2.21. The molecule has 1 aromatic heterocycles. The van der Waals surface area contributed by atoms with Gasteiger partial charge in [-0.15, -0.1) is 0 Å². The Balaban J connectivity index is 2.46. The highest BCUT2D eigenvalue weighted by molar-refractivity contribution is 7.99. The van der Waals surface area contributed by atoms with Gasteiger partial charge < -0.3 is 14.5 Å². The molecule has 1 rings (SSSR count). The number of aromatic nitrogens is 1. The van der Waals surface area contributed by atoms with E-state index in [2.05, 4.69) is 10.3 Å². The van der Waals surface area contributed by atoms with Crippen LogP contribution in [0.3, 0.4) is 0 Å². The van der Waals surface area contributed by atoms with Gasteiger partial charge in [0.2, 0.25) is 0 Å². The van der Waals surface area contributed by atoms with Gasteiger partial charge in [-0.25, -0.2) is 4.98 Å². The Bertz CT molecular complexity index is 342. The molecule has 1 N–H and O–H groups in total. The van der Waals surface area contributed by atoms with Crippen LogP contribution in [0.4, 0.5) is 0 Å². The smallest absolute Gasteiger partial charge is 0.325 e. The number of esters is 1. The standard InChI is InChI=1S/C11H18N2O3S/c1-4-13-11(2,9(14)15-3)5-8-17-10-12-6-7-16-10/h6-7,13H,4-5,8H2,1-3H3. The third-order valence-electron chi connectivity index (χ3n) is 2.44. The minimum Gasteiger partial charge on any atom is -0.468 e. The van der Waals surface area contributed by atoms with Crippen molar-refractivity contribution >= 4 is 17.7 Å². The number of hydrogen-bond donors (Lipinski definition) is 1. The lowest BCUT2D eigenvalue weighted by Gasteiger charge is -2.27. The minimum atomic E-state index is -0.650. The van der Waals surface area contributed by atoms with E-state index in [0.29, 0.717) is 11.6 Å². The first-order valence-corrected chi connectivity index (χ1v) is 6.46. The monoisotopic (exact) mass is 258 g/mol. The van der Waals surface area contributed by atoms with Crippen molar-refractivity contribution in [2.75, 3.05) is 19.4 Å². The molecule has 1 atom stereocenters. The number of carbonyl (C=O) groups is 1. The van der Waals surface area contributed by atoms with E-state index in [1.165, 1.54) is 25.1 Å². The van der Waals surface area contributed by atoms with Gasteiger partial charge in [-0.1, -0.05) is 18.7 Å². The van der Waals surface area contributed by atoms with Crippen LogP contribution < -0.4 is 5.32 Å². The molecular weight excluding hydrogens is 240 g/mol. The second-order valence-corrected chi connectivity index (χ2v) is 4.80. The number of likely N-dealkylation sites (N-methyl/N-ethyl adjacent to an activating group) is 1. The molecule has 1 aromatic rings. The number of rotatable bonds is 7. The molecule has 6 heteroatoms. The fourth-order valence-electron chi connectivity index (χ4n) is 1.50. The maximum atomic E-state index is 11.7. The van der Waals surface area contributed by atoms with Crippen LogP contribution >= 0.6 is 11.8 Å². The number of ether oxygens (including phenoxy) is 1. The van der Waals surface area contributed by atoms with Crippen molar-refractivity contribution in [3.05, 3.63) is 12.5 Å². The van der Waals surface area contributed by atoms with Gasteiger partial charge >= 0.3 is 5.97 Å². The van der Waals surface area contributed by atoms with E-state index in [9.17, 15) is 4.79 Å². The normalized spacial score (nSPS) is 14.3. The Kier molecular flexibility index (Phi) is 5.50. The predicted octanol–water partition coefficient (Wildman–Crippen LogP) is 1.70. The summed E-state index contributed by atoms with van der Waals surface area (Å²) in [6, 6.07) is 0. The van der Waals surface area contributed by atoms with E-state index < -0.39 is 5.54 Å². The fraction of sp³-hybridized carbons (Fsp3) is 0.636. The molecule has 0 saturated heterocycles. The Morgan fingerprint density at radius 1 is 1.71 bits per heavy atom. The Morgan fingerprint density at radius 2 is 2.47 bits per heavy atom. The summed E-state index contributed by atoms with van der Waals surface area (Å²) in [6.07, 6.45) is 3.79. The summed E-state index contributed by atoms with van der Waals surface area (Å²) in [5, 5.41) is 3.77. The number of methoxy groups -OCH3 is 1. The lowest BCUT2D eigenvalue weighted by molar-refractivity contribution is -0.148. The molecular formula is C11H18N2O3S. The average Bonchev–Trinajstić information content (AvgIpc) is 2.81. The summed E-state index contributed by atoms with van der Waals surface area (Å²) in [5.41, 5.74) is -0.650. The molecule has 1 unspecified atom stereocenters. The Labute approximate surface area is 105 Å². The van der Waals surface area contributed by atoms with Crippen molar-refractivity contribution in [3.8, 4) is 0 Å². The second-order valence-electron chi connectivity index (χ2n) is 3.75. The molecule has 0 spiro atoms. The van der Waals surface area contributed by atoms with Gasteiger partial charge in [0.25, 0.3) is 5.22 Å².